The molecule has 17 nitrogen and oxygen atoms in total. The fourth-order valence-corrected chi connectivity index (χ4v) is 10.4. The molecule has 65 heavy (non-hydrogen) atoms. The number of piperazine rings is 1. The molecule has 9 rings (SSSR count). The summed E-state index contributed by atoms with van der Waals surface area (Å²) in [6, 6.07) is 13.6. The lowest BCUT2D eigenvalue weighted by atomic mass is 9.86. The van der Waals surface area contributed by atoms with Crippen LogP contribution in [-0.4, -0.2) is 124 Å². The molecular weight excluding hydrogens is 852 g/mol. The van der Waals surface area contributed by atoms with Gasteiger partial charge in [0, 0.05) is 92.7 Å². The summed E-state index contributed by atoms with van der Waals surface area (Å²) in [5.74, 6) is -0.0159. The van der Waals surface area contributed by atoms with E-state index < -0.39 is 11.9 Å². The quantitative estimate of drug-likeness (QED) is 0.166. The first-order valence-electron chi connectivity index (χ1n) is 22.8. The summed E-state index contributed by atoms with van der Waals surface area (Å²) in [4.78, 5) is 80.9. The summed E-state index contributed by atoms with van der Waals surface area (Å²) in [5, 5.41) is 9.36. The number of aromatic nitrogens is 3. The Labute approximate surface area is 382 Å². The molecule has 4 amide bonds. The minimum Gasteiger partial charge on any atom is -0.478 e. The third-order valence-electron chi connectivity index (χ3n) is 13.6. The number of ether oxygens (including phenoxy) is 2. The molecule has 5 aliphatic rings. The number of fused-ring (bicyclic) bond motifs is 2. The number of hydrogen-bond donors (Lipinski definition) is 3. The van der Waals surface area contributed by atoms with Gasteiger partial charge >= 0.3 is 0 Å². The highest BCUT2D eigenvalue weighted by atomic mass is 35.5. The van der Waals surface area contributed by atoms with Crippen LogP contribution in [0.4, 0.5) is 23.1 Å². The molecule has 0 spiro atoms. The smallest absolute Gasteiger partial charge is 0.293 e. The maximum Gasteiger partial charge on any atom is 0.293 e. The Balaban J connectivity index is 0.759. The molecule has 2 aromatic heterocycles. The molecule has 1 saturated carbocycles. The van der Waals surface area contributed by atoms with Crippen LogP contribution in [0.3, 0.4) is 0 Å². The van der Waals surface area contributed by atoms with Crippen LogP contribution < -0.4 is 36.0 Å². The Hall–Kier alpha value is -5.78. The average Bonchev–Trinajstić information content (AvgIpc) is 3.59. The predicted molar refractivity (Wildman–Crippen MR) is 247 cm³/mol. The molecule has 1 unspecified atom stereocenters. The Morgan fingerprint density at radius 3 is 2.43 bits per heavy atom. The van der Waals surface area contributed by atoms with E-state index in [1.165, 1.54) is 7.05 Å². The zero-order valence-corrected chi connectivity index (χ0v) is 38.3. The van der Waals surface area contributed by atoms with Crippen molar-refractivity contribution in [1.82, 2.24) is 35.0 Å². The fourth-order valence-electron chi connectivity index (χ4n) is 10.3. The number of benzene rings is 2. The lowest BCUT2D eigenvalue weighted by molar-refractivity contribution is -0.137. The van der Waals surface area contributed by atoms with Crippen molar-refractivity contribution in [2.24, 2.45) is 0 Å². The van der Waals surface area contributed by atoms with Gasteiger partial charge in [-0.3, -0.25) is 34.2 Å². The lowest BCUT2D eigenvalue weighted by Crippen LogP contribution is -2.62. The van der Waals surface area contributed by atoms with Gasteiger partial charge in [-0.25, -0.2) is 4.98 Å². The molecule has 2 aromatic carbocycles. The predicted octanol–water partition coefficient (Wildman–Crippen LogP) is 4.77. The van der Waals surface area contributed by atoms with Crippen LogP contribution in [-0.2, 0) is 25.7 Å². The van der Waals surface area contributed by atoms with Gasteiger partial charge in [0.1, 0.15) is 11.1 Å². The van der Waals surface area contributed by atoms with E-state index in [1.54, 1.807) is 21.7 Å². The third kappa shape index (κ3) is 8.97. The second kappa shape index (κ2) is 18.2. The van der Waals surface area contributed by atoms with E-state index in [9.17, 15) is 24.0 Å². The standard InChI is InChI=1S/C47H57ClN10O7/c1-26(2)57-38-9-6-31(16-29(38)18-40(46(57)63)64-25-42(60)49-5)51-43-37(48)21-50-47(53-43)54-14-12-34(13-15-54)65-35-19-33(20-35)55-22-27(3)58(28(4)23-55)32-7-8-36-30(17-32)24-56(45(36)62)39-10-11-41(59)52-44(39)61/h6-9,16-18,21,26-28,33-35,39H,10-15,19-20,22-25H2,1-5H3,(H,49,60)(H,50,51,53)(H,52,59,61)/t27-,28+,33-,35-,39?. The van der Waals surface area contributed by atoms with E-state index in [0.717, 1.165) is 74.0 Å². The Kier molecular flexibility index (Phi) is 12.5. The van der Waals surface area contributed by atoms with Crippen LogP contribution >= 0.6 is 11.6 Å². The number of nitrogens with one attached hydrogen (secondary N) is 3. The van der Waals surface area contributed by atoms with Gasteiger partial charge in [0.05, 0.1) is 23.9 Å². The molecular formula is C47H57ClN10O7. The number of pyridine rings is 1. The molecule has 6 heterocycles. The molecule has 4 aromatic rings. The summed E-state index contributed by atoms with van der Waals surface area (Å²) in [7, 11) is 1.52. The highest BCUT2D eigenvalue weighted by Gasteiger charge is 2.42. The first-order valence-corrected chi connectivity index (χ1v) is 23.1. The van der Waals surface area contributed by atoms with Crippen LogP contribution in [0.1, 0.15) is 88.2 Å². The number of carbonyl (C=O) groups excluding carboxylic acids is 4. The number of amides is 4. The van der Waals surface area contributed by atoms with Crippen molar-refractivity contribution in [1.29, 1.82) is 0 Å². The molecule has 4 aliphatic heterocycles. The molecule has 3 N–H and O–H groups in total. The third-order valence-corrected chi connectivity index (χ3v) is 13.9. The zero-order chi connectivity index (χ0) is 45.7. The second-order valence-electron chi connectivity index (χ2n) is 18.4. The van der Waals surface area contributed by atoms with Gasteiger partial charge in [-0.15, -0.1) is 0 Å². The van der Waals surface area contributed by atoms with Gasteiger partial charge in [0.2, 0.25) is 17.8 Å². The van der Waals surface area contributed by atoms with E-state index >= 15 is 0 Å². The van der Waals surface area contributed by atoms with Crippen LogP contribution in [0, 0.1) is 0 Å². The van der Waals surface area contributed by atoms with Crippen molar-refractivity contribution in [3.63, 3.8) is 0 Å². The zero-order valence-electron chi connectivity index (χ0n) is 37.5. The summed E-state index contributed by atoms with van der Waals surface area (Å²) >= 11 is 6.61. The summed E-state index contributed by atoms with van der Waals surface area (Å²) in [5.41, 5.74) is 3.79. The average molecular weight is 909 g/mol. The maximum absolute atomic E-state index is 13.3. The van der Waals surface area contributed by atoms with Crippen molar-refractivity contribution in [3.05, 3.63) is 75.2 Å². The van der Waals surface area contributed by atoms with Crippen molar-refractivity contribution in [3.8, 4) is 5.75 Å². The van der Waals surface area contributed by atoms with Crippen molar-refractivity contribution in [2.45, 2.75) is 115 Å². The van der Waals surface area contributed by atoms with Gasteiger partial charge in [0.15, 0.2) is 18.2 Å². The Bertz CT molecular complexity index is 2560. The van der Waals surface area contributed by atoms with Crippen molar-refractivity contribution in [2.75, 3.05) is 55.0 Å². The maximum atomic E-state index is 13.3. The Morgan fingerprint density at radius 2 is 1.72 bits per heavy atom. The minimum absolute atomic E-state index is 0.0933. The van der Waals surface area contributed by atoms with Crippen LogP contribution in [0.5, 0.6) is 5.75 Å². The van der Waals surface area contributed by atoms with Crippen LogP contribution in [0.2, 0.25) is 5.02 Å². The first kappa shape index (κ1) is 44.4. The van der Waals surface area contributed by atoms with E-state index in [4.69, 9.17) is 26.1 Å². The normalized spacial score (nSPS) is 24.0. The first-order chi connectivity index (χ1) is 31.2. The molecule has 4 fully saturated rings. The molecule has 344 valence electrons. The van der Waals surface area contributed by atoms with Crippen molar-refractivity contribution < 1.29 is 28.7 Å². The van der Waals surface area contributed by atoms with Gasteiger partial charge in [-0.05, 0) is 108 Å². The fraction of sp³-hybridized carbons (Fsp3) is 0.511. The molecule has 18 heteroatoms. The molecule has 3 atom stereocenters. The molecule has 3 saturated heterocycles. The van der Waals surface area contributed by atoms with Crippen LogP contribution in [0.25, 0.3) is 10.9 Å². The highest BCUT2D eigenvalue weighted by molar-refractivity contribution is 6.33. The number of nitrogens with zero attached hydrogens (tertiary/aromatic N) is 7. The Morgan fingerprint density at radius 1 is 0.969 bits per heavy atom. The van der Waals surface area contributed by atoms with Gasteiger partial charge in [-0.1, -0.05) is 11.6 Å². The van der Waals surface area contributed by atoms with E-state index in [0.29, 0.717) is 47.0 Å². The van der Waals surface area contributed by atoms with Crippen molar-refractivity contribution >= 4 is 69.3 Å². The van der Waals surface area contributed by atoms with Gasteiger partial charge in [-0.2, -0.15) is 4.98 Å². The number of carbonyl (C=O) groups is 4. The molecule has 0 bridgehead atoms. The topological polar surface area (TPSA) is 184 Å². The van der Waals surface area contributed by atoms with Gasteiger partial charge < -0.3 is 39.4 Å². The number of imide groups is 1. The van der Waals surface area contributed by atoms with Gasteiger partial charge in [0.25, 0.3) is 17.4 Å². The minimum atomic E-state index is -0.622. The summed E-state index contributed by atoms with van der Waals surface area (Å²) in [6.45, 7) is 11.9. The lowest BCUT2D eigenvalue weighted by Gasteiger charge is -2.52. The summed E-state index contributed by atoms with van der Waals surface area (Å²) in [6.07, 6.45) is 6.37. The number of rotatable bonds is 12. The number of halogens is 1. The molecule has 0 radical (unpaired) electrons. The number of anilines is 4. The van der Waals surface area contributed by atoms with E-state index in [-0.39, 0.29) is 72.4 Å². The van der Waals surface area contributed by atoms with E-state index in [1.807, 2.05) is 44.2 Å². The monoisotopic (exact) mass is 908 g/mol. The highest BCUT2D eigenvalue weighted by Crippen LogP contribution is 2.37. The van der Waals surface area contributed by atoms with E-state index in [2.05, 4.69) is 55.5 Å². The largest absolute Gasteiger partial charge is 0.478 e. The number of hydrogen-bond acceptors (Lipinski definition) is 13. The second-order valence-corrected chi connectivity index (χ2v) is 18.8. The SMILES string of the molecule is CNC(=O)COc1cc2cc(Nc3nc(N4CCC(O[C@H]5C[C@H](N6C[C@@H](C)N(c7ccc8c(c7)CN(C7CCC(=O)NC7=O)C8=O)[C@@H](C)C6)C5)CC4)ncc3Cl)ccc2n(C(C)C)c1=O. The molecule has 1 aliphatic carbocycles. The number of likely N-dealkylation sites (N-methyl/N-ethyl adjacent to an activating group) is 1. The van der Waals surface area contributed by atoms with Crippen LogP contribution in [0.15, 0.2) is 53.5 Å². The number of piperidine rings is 2. The summed E-state index contributed by atoms with van der Waals surface area (Å²) < 4.78 is 13.9.